The van der Waals surface area contributed by atoms with Gasteiger partial charge in [0.15, 0.2) is 0 Å². The van der Waals surface area contributed by atoms with Gasteiger partial charge >= 0.3 is 0 Å². The minimum Gasteiger partial charge on any atom is -0.314 e. The number of nitrogens with one attached hydrogen (secondary N) is 1. The van der Waals surface area contributed by atoms with Gasteiger partial charge in [-0.05, 0) is 17.6 Å². The molecule has 1 fully saturated rings. The van der Waals surface area contributed by atoms with Crippen LogP contribution < -0.4 is 5.32 Å². The third-order valence-corrected chi connectivity index (χ3v) is 3.12. The van der Waals surface area contributed by atoms with Crippen molar-refractivity contribution < 1.29 is 0 Å². The maximum atomic E-state index is 4.17. The molecule has 0 radical (unpaired) electrons. The molecule has 0 spiro atoms. The zero-order valence-corrected chi connectivity index (χ0v) is 9.78. The molecule has 1 saturated heterocycles. The Morgan fingerprint density at radius 1 is 1.19 bits per heavy atom. The molecule has 1 heterocycles. The van der Waals surface area contributed by atoms with E-state index in [0.717, 1.165) is 26.1 Å². The van der Waals surface area contributed by atoms with E-state index in [1.807, 2.05) is 6.07 Å². The summed E-state index contributed by atoms with van der Waals surface area (Å²) >= 11 is 0. The van der Waals surface area contributed by atoms with Gasteiger partial charge in [0, 0.05) is 32.7 Å². The van der Waals surface area contributed by atoms with Crippen molar-refractivity contribution in [3.05, 3.63) is 42.5 Å². The highest BCUT2D eigenvalue weighted by Gasteiger charge is 2.09. The highest BCUT2D eigenvalue weighted by Crippen LogP contribution is 2.15. The van der Waals surface area contributed by atoms with Crippen LogP contribution in [-0.4, -0.2) is 37.6 Å². The first kappa shape index (κ1) is 11.4. The lowest BCUT2D eigenvalue weighted by atomic mass is 10.0. The molecule has 0 unspecified atom stereocenters. The molecule has 2 heteroatoms. The summed E-state index contributed by atoms with van der Waals surface area (Å²) in [5.41, 5.74) is 2.52. The van der Waals surface area contributed by atoms with Crippen molar-refractivity contribution >= 4 is 5.57 Å². The van der Waals surface area contributed by atoms with Crippen molar-refractivity contribution in [1.82, 2.24) is 10.2 Å². The van der Waals surface area contributed by atoms with Gasteiger partial charge in [0.05, 0.1) is 0 Å². The molecule has 86 valence electrons. The molecule has 1 aromatic rings. The van der Waals surface area contributed by atoms with E-state index in [9.17, 15) is 0 Å². The number of nitrogens with zero attached hydrogens (tertiary/aromatic N) is 1. The standard InChI is InChI=1S/C14H20N2/c1-13(14-5-3-2-4-6-14)7-10-16-11-8-15-9-12-16/h2-6,15H,1,7-12H2. The average Bonchev–Trinajstić information content (AvgIpc) is 2.38. The highest BCUT2D eigenvalue weighted by molar-refractivity contribution is 5.63. The summed E-state index contributed by atoms with van der Waals surface area (Å²) in [5, 5.41) is 3.37. The largest absolute Gasteiger partial charge is 0.314 e. The lowest BCUT2D eigenvalue weighted by molar-refractivity contribution is 0.246. The Bertz CT molecular complexity index is 326. The first-order chi connectivity index (χ1) is 7.86. The van der Waals surface area contributed by atoms with Crippen molar-refractivity contribution in [2.75, 3.05) is 32.7 Å². The summed E-state index contributed by atoms with van der Waals surface area (Å²) in [6, 6.07) is 10.5. The Hall–Kier alpha value is -1.12. The van der Waals surface area contributed by atoms with Crippen molar-refractivity contribution in [3.63, 3.8) is 0 Å². The zero-order chi connectivity index (χ0) is 11.2. The lowest BCUT2D eigenvalue weighted by Gasteiger charge is -2.27. The van der Waals surface area contributed by atoms with E-state index in [1.165, 1.54) is 24.2 Å². The van der Waals surface area contributed by atoms with E-state index in [-0.39, 0.29) is 0 Å². The summed E-state index contributed by atoms with van der Waals surface area (Å²) in [4.78, 5) is 2.50. The predicted octanol–water partition coefficient (Wildman–Crippen LogP) is 2.00. The SMILES string of the molecule is C=C(CCN1CCNCC1)c1ccccc1. The van der Waals surface area contributed by atoms with Gasteiger partial charge in [-0.25, -0.2) is 0 Å². The van der Waals surface area contributed by atoms with Gasteiger partial charge in [0.1, 0.15) is 0 Å². The molecule has 0 saturated carbocycles. The monoisotopic (exact) mass is 216 g/mol. The summed E-state index contributed by atoms with van der Waals surface area (Å²) in [5.74, 6) is 0. The van der Waals surface area contributed by atoms with E-state index in [1.54, 1.807) is 0 Å². The van der Waals surface area contributed by atoms with E-state index >= 15 is 0 Å². The number of rotatable bonds is 4. The molecular weight excluding hydrogens is 196 g/mol. The smallest absolute Gasteiger partial charge is 0.0108 e. The fourth-order valence-electron chi connectivity index (χ4n) is 2.05. The van der Waals surface area contributed by atoms with Crippen LogP contribution >= 0.6 is 0 Å². The van der Waals surface area contributed by atoms with Gasteiger partial charge in [0.25, 0.3) is 0 Å². The Morgan fingerprint density at radius 3 is 2.56 bits per heavy atom. The molecule has 1 aliphatic rings. The van der Waals surface area contributed by atoms with Gasteiger partial charge in [-0.15, -0.1) is 0 Å². The molecule has 0 amide bonds. The lowest BCUT2D eigenvalue weighted by Crippen LogP contribution is -2.43. The van der Waals surface area contributed by atoms with E-state index in [4.69, 9.17) is 0 Å². The van der Waals surface area contributed by atoms with Gasteiger partial charge in [-0.3, -0.25) is 0 Å². The van der Waals surface area contributed by atoms with Gasteiger partial charge < -0.3 is 10.2 Å². The second kappa shape index (κ2) is 5.83. The topological polar surface area (TPSA) is 15.3 Å². The van der Waals surface area contributed by atoms with Crippen molar-refractivity contribution in [1.29, 1.82) is 0 Å². The summed E-state index contributed by atoms with van der Waals surface area (Å²) in [7, 11) is 0. The average molecular weight is 216 g/mol. The molecule has 0 atom stereocenters. The Labute approximate surface area is 98.0 Å². The van der Waals surface area contributed by atoms with Crippen molar-refractivity contribution in [3.8, 4) is 0 Å². The van der Waals surface area contributed by atoms with Crippen molar-refractivity contribution in [2.24, 2.45) is 0 Å². The number of piperazine rings is 1. The van der Waals surface area contributed by atoms with Crippen LogP contribution in [0, 0.1) is 0 Å². The summed E-state index contributed by atoms with van der Waals surface area (Å²) in [6.07, 6.45) is 1.07. The molecule has 0 aliphatic carbocycles. The highest BCUT2D eigenvalue weighted by atomic mass is 15.2. The van der Waals surface area contributed by atoms with Crippen LogP contribution in [0.25, 0.3) is 5.57 Å². The van der Waals surface area contributed by atoms with E-state index in [2.05, 4.69) is 41.1 Å². The minimum absolute atomic E-state index is 1.07. The normalized spacial score (nSPS) is 17.2. The third-order valence-electron chi connectivity index (χ3n) is 3.12. The minimum atomic E-state index is 1.07. The molecule has 2 nitrogen and oxygen atoms in total. The summed E-state index contributed by atoms with van der Waals surface area (Å²) in [6.45, 7) is 9.88. The van der Waals surface area contributed by atoms with Crippen LogP contribution in [0.3, 0.4) is 0 Å². The maximum Gasteiger partial charge on any atom is 0.0108 e. The molecule has 0 aromatic heterocycles. The fourth-order valence-corrected chi connectivity index (χ4v) is 2.05. The van der Waals surface area contributed by atoms with Crippen molar-refractivity contribution in [2.45, 2.75) is 6.42 Å². The Morgan fingerprint density at radius 2 is 1.88 bits per heavy atom. The molecule has 1 aromatic carbocycles. The van der Waals surface area contributed by atoms with Crippen LogP contribution in [0.15, 0.2) is 36.9 Å². The molecular formula is C14H20N2. The third kappa shape index (κ3) is 3.19. The van der Waals surface area contributed by atoms with Crippen LogP contribution in [0.1, 0.15) is 12.0 Å². The van der Waals surface area contributed by atoms with E-state index < -0.39 is 0 Å². The molecule has 1 N–H and O–H groups in total. The second-order valence-electron chi connectivity index (χ2n) is 4.31. The fraction of sp³-hybridized carbons (Fsp3) is 0.429. The second-order valence-corrected chi connectivity index (χ2v) is 4.31. The van der Waals surface area contributed by atoms with Crippen LogP contribution in [0.2, 0.25) is 0 Å². The molecule has 1 aliphatic heterocycles. The molecule has 0 bridgehead atoms. The Kier molecular flexibility index (Phi) is 4.14. The quantitative estimate of drug-likeness (QED) is 0.828. The van der Waals surface area contributed by atoms with Crippen LogP contribution in [-0.2, 0) is 0 Å². The van der Waals surface area contributed by atoms with Crippen LogP contribution in [0.5, 0.6) is 0 Å². The van der Waals surface area contributed by atoms with E-state index in [0.29, 0.717) is 0 Å². The van der Waals surface area contributed by atoms with Gasteiger partial charge in [-0.1, -0.05) is 36.9 Å². The molecule has 2 rings (SSSR count). The zero-order valence-electron chi connectivity index (χ0n) is 9.78. The first-order valence-corrected chi connectivity index (χ1v) is 6.02. The molecule has 16 heavy (non-hydrogen) atoms. The Balaban J connectivity index is 1.79. The van der Waals surface area contributed by atoms with Crippen LogP contribution in [0.4, 0.5) is 0 Å². The summed E-state index contributed by atoms with van der Waals surface area (Å²) < 4.78 is 0. The van der Waals surface area contributed by atoms with Gasteiger partial charge in [-0.2, -0.15) is 0 Å². The van der Waals surface area contributed by atoms with Gasteiger partial charge in [0.2, 0.25) is 0 Å². The number of hydrogen-bond acceptors (Lipinski definition) is 2. The number of hydrogen-bond donors (Lipinski definition) is 1. The first-order valence-electron chi connectivity index (χ1n) is 6.02. The predicted molar refractivity (Wildman–Crippen MR) is 69.4 cm³/mol. The maximum absolute atomic E-state index is 4.17. The number of benzene rings is 1.